The molecule has 3 rings (SSSR count). The van der Waals surface area contributed by atoms with Crippen LogP contribution in [0.25, 0.3) is 0 Å². The van der Waals surface area contributed by atoms with Gasteiger partial charge < -0.3 is 10.1 Å². The summed E-state index contributed by atoms with van der Waals surface area (Å²) < 4.78 is 6.26. The molecule has 2 heterocycles. The van der Waals surface area contributed by atoms with E-state index < -0.39 is 0 Å². The predicted octanol–water partition coefficient (Wildman–Crippen LogP) is 5.18. The lowest BCUT2D eigenvalue weighted by atomic mass is 9.74. The van der Waals surface area contributed by atoms with Gasteiger partial charge in [-0.2, -0.15) is 0 Å². The Bertz CT molecular complexity index is 450. The third-order valence-corrected chi connectivity index (χ3v) is 6.56. The van der Waals surface area contributed by atoms with Crippen LogP contribution < -0.4 is 5.32 Å². The summed E-state index contributed by atoms with van der Waals surface area (Å²) in [4.78, 5) is 1.32. The Hall–Kier alpha value is -0.0900. The molecule has 0 aromatic carbocycles. The molecule has 0 amide bonds. The zero-order valence-electron chi connectivity index (χ0n) is 12.9. The molecule has 1 N–H and O–H groups in total. The molecule has 1 spiro atoms. The van der Waals surface area contributed by atoms with E-state index in [2.05, 4.69) is 17.6 Å². The van der Waals surface area contributed by atoms with Crippen LogP contribution in [-0.2, 0) is 4.74 Å². The molecule has 2 atom stereocenters. The van der Waals surface area contributed by atoms with E-state index in [9.17, 15) is 0 Å². The van der Waals surface area contributed by atoms with Gasteiger partial charge in [-0.15, -0.1) is 11.3 Å². The minimum atomic E-state index is 0.165. The molecule has 2 unspecified atom stereocenters. The fraction of sp³-hybridized carbons (Fsp3) is 0.765. The second-order valence-corrected chi connectivity index (χ2v) is 7.87. The summed E-state index contributed by atoms with van der Waals surface area (Å²) >= 11 is 8.20. The van der Waals surface area contributed by atoms with Crippen molar-refractivity contribution >= 4 is 22.9 Å². The molecule has 1 saturated heterocycles. The molecule has 1 saturated carbocycles. The topological polar surface area (TPSA) is 21.3 Å². The number of nitrogens with one attached hydrogen (secondary N) is 1. The quantitative estimate of drug-likeness (QED) is 0.822. The summed E-state index contributed by atoms with van der Waals surface area (Å²) in [6, 6.07) is 2.42. The molecule has 118 valence electrons. The van der Waals surface area contributed by atoms with Crippen LogP contribution in [0.3, 0.4) is 0 Å². The highest BCUT2D eigenvalue weighted by Crippen LogP contribution is 2.45. The van der Waals surface area contributed by atoms with E-state index in [0.717, 1.165) is 24.6 Å². The zero-order valence-corrected chi connectivity index (χ0v) is 14.4. The number of rotatable bonds is 4. The van der Waals surface area contributed by atoms with Crippen LogP contribution in [0.15, 0.2) is 11.4 Å². The van der Waals surface area contributed by atoms with Crippen LogP contribution in [-0.4, -0.2) is 18.8 Å². The standard InChI is InChI=1S/C17H26ClNOS/c1-2-19-15(16-14(18)7-11-21-16)13-6-10-20-17(12-13)8-4-3-5-9-17/h7,11,13,15,19H,2-6,8-10,12H2,1H3. The van der Waals surface area contributed by atoms with Crippen molar-refractivity contribution in [1.82, 2.24) is 5.32 Å². The first-order valence-electron chi connectivity index (χ1n) is 8.34. The lowest BCUT2D eigenvalue weighted by Gasteiger charge is -2.45. The van der Waals surface area contributed by atoms with E-state index in [4.69, 9.17) is 16.3 Å². The van der Waals surface area contributed by atoms with Gasteiger partial charge in [-0.1, -0.05) is 37.8 Å². The Kier molecular flexibility index (Phi) is 5.26. The molecule has 2 fully saturated rings. The summed E-state index contributed by atoms with van der Waals surface area (Å²) in [5.74, 6) is 0.646. The first kappa shape index (κ1) is 15.8. The van der Waals surface area contributed by atoms with Crippen molar-refractivity contribution in [2.24, 2.45) is 5.92 Å². The maximum Gasteiger partial charge on any atom is 0.0686 e. The first-order valence-corrected chi connectivity index (χ1v) is 9.60. The van der Waals surface area contributed by atoms with Crippen LogP contribution >= 0.6 is 22.9 Å². The molecule has 1 aliphatic carbocycles. The number of ether oxygens (including phenoxy) is 1. The van der Waals surface area contributed by atoms with Crippen molar-refractivity contribution in [3.63, 3.8) is 0 Å². The maximum atomic E-state index is 6.41. The molecule has 21 heavy (non-hydrogen) atoms. The van der Waals surface area contributed by atoms with E-state index in [1.807, 2.05) is 6.07 Å². The summed E-state index contributed by atoms with van der Waals surface area (Å²) in [6.07, 6.45) is 8.88. The van der Waals surface area contributed by atoms with Gasteiger partial charge in [-0.05, 0) is 49.6 Å². The summed E-state index contributed by atoms with van der Waals surface area (Å²) in [6.45, 7) is 4.09. The van der Waals surface area contributed by atoms with Crippen molar-refractivity contribution in [3.05, 3.63) is 21.3 Å². The Balaban J connectivity index is 1.77. The van der Waals surface area contributed by atoms with E-state index >= 15 is 0 Å². The van der Waals surface area contributed by atoms with Crippen LogP contribution in [0.1, 0.15) is 62.8 Å². The number of hydrogen-bond acceptors (Lipinski definition) is 3. The molecular weight excluding hydrogens is 302 g/mol. The first-order chi connectivity index (χ1) is 10.2. The van der Waals surface area contributed by atoms with Crippen LogP contribution in [0.4, 0.5) is 0 Å². The van der Waals surface area contributed by atoms with E-state index in [1.54, 1.807) is 11.3 Å². The van der Waals surface area contributed by atoms with Gasteiger partial charge >= 0.3 is 0 Å². The maximum absolute atomic E-state index is 6.41. The summed E-state index contributed by atoms with van der Waals surface area (Å²) in [5, 5.41) is 6.72. The van der Waals surface area contributed by atoms with Gasteiger partial charge in [0.2, 0.25) is 0 Å². The van der Waals surface area contributed by atoms with Gasteiger partial charge in [0, 0.05) is 17.5 Å². The Morgan fingerprint density at radius 2 is 2.24 bits per heavy atom. The minimum Gasteiger partial charge on any atom is -0.375 e. The smallest absolute Gasteiger partial charge is 0.0686 e. The van der Waals surface area contributed by atoms with E-state index in [-0.39, 0.29) is 5.60 Å². The molecule has 1 aromatic heterocycles. The monoisotopic (exact) mass is 327 g/mol. The van der Waals surface area contributed by atoms with Gasteiger partial charge in [0.15, 0.2) is 0 Å². The highest BCUT2D eigenvalue weighted by molar-refractivity contribution is 7.10. The average Bonchev–Trinajstić information content (AvgIpc) is 2.91. The van der Waals surface area contributed by atoms with Crippen LogP contribution in [0, 0.1) is 5.92 Å². The van der Waals surface area contributed by atoms with Gasteiger partial charge in [0.1, 0.15) is 0 Å². The van der Waals surface area contributed by atoms with Gasteiger partial charge in [-0.25, -0.2) is 0 Å². The summed E-state index contributed by atoms with van der Waals surface area (Å²) in [7, 11) is 0. The summed E-state index contributed by atoms with van der Waals surface area (Å²) in [5.41, 5.74) is 0.165. The second kappa shape index (κ2) is 6.99. The van der Waals surface area contributed by atoms with Crippen molar-refractivity contribution in [2.45, 2.75) is 63.5 Å². The Labute approximate surface area is 137 Å². The number of thiophene rings is 1. The van der Waals surface area contributed by atoms with Crippen LogP contribution in [0.2, 0.25) is 5.02 Å². The normalized spacial score (nSPS) is 26.9. The second-order valence-electron chi connectivity index (χ2n) is 6.51. The molecular formula is C17H26ClNOS. The van der Waals surface area contributed by atoms with Crippen molar-refractivity contribution in [3.8, 4) is 0 Å². The fourth-order valence-corrected chi connectivity index (χ4v) is 5.46. The predicted molar refractivity (Wildman–Crippen MR) is 90.2 cm³/mol. The highest BCUT2D eigenvalue weighted by atomic mass is 35.5. The Morgan fingerprint density at radius 3 is 2.90 bits per heavy atom. The van der Waals surface area contributed by atoms with Crippen LogP contribution in [0.5, 0.6) is 0 Å². The molecule has 4 heteroatoms. The van der Waals surface area contributed by atoms with Crippen molar-refractivity contribution in [1.29, 1.82) is 0 Å². The molecule has 1 aliphatic heterocycles. The lowest BCUT2D eigenvalue weighted by Crippen LogP contribution is -2.44. The Morgan fingerprint density at radius 1 is 1.43 bits per heavy atom. The third-order valence-electron chi connectivity index (χ3n) is 5.12. The molecule has 0 radical (unpaired) electrons. The third kappa shape index (κ3) is 3.47. The van der Waals surface area contributed by atoms with Gasteiger partial charge in [0.05, 0.1) is 10.6 Å². The number of hydrogen-bond donors (Lipinski definition) is 1. The minimum absolute atomic E-state index is 0.165. The molecule has 0 bridgehead atoms. The van der Waals surface area contributed by atoms with Crippen molar-refractivity contribution in [2.75, 3.05) is 13.2 Å². The lowest BCUT2D eigenvalue weighted by molar-refractivity contribution is -0.121. The fourth-order valence-electron chi connectivity index (χ4n) is 4.12. The van der Waals surface area contributed by atoms with Gasteiger partial charge in [0.25, 0.3) is 0 Å². The van der Waals surface area contributed by atoms with Crippen molar-refractivity contribution < 1.29 is 4.74 Å². The SMILES string of the molecule is CCNC(c1sccc1Cl)C1CCOC2(CCCCC2)C1. The van der Waals surface area contributed by atoms with E-state index in [1.165, 1.54) is 43.4 Å². The highest BCUT2D eigenvalue weighted by Gasteiger charge is 2.41. The largest absolute Gasteiger partial charge is 0.375 e. The van der Waals surface area contributed by atoms with E-state index in [0.29, 0.717) is 12.0 Å². The zero-order chi connectivity index (χ0) is 14.7. The average molecular weight is 328 g/mol. The molecule has 2 aliphatic rings. The molecule has 2 nitrogen and oxygen atoms in total. The van der Waals surface area contributed by atoms with Gasteiger partial charge in [-0.3, -0.25) is 0 Å². The number of halogens is 1. The molecule has 1 aromatic rings.